The molecule has 0 heterocycles. The Labute approximate surface area is 203 Å². The maximum absolute atomic E-state index is 15.9. The molecule has 35 heavy (non-hydrogen) atoms. The lowest BCUT2D eigenvalue weighted by Crippen LogP contribution is -2.26. The maximum Gasteiger partial charge on any atom is 0.345 e. The van der Waals surface area contributed by atoms with Gasteiger partial charge in [0.05, 0.1) is 43.6 Å². The largest absolute Gasteiger partial charge is 0.507 e. The van der Waals surface area contributed by atoms with Crippen molar-refractivity contribution in [1.82, 2.24) is 0 Å². The van der Waals surface area contributed by atoms with Crippen LogP contribution in [-0.4, -0.2) is 55.2 Å². The molecule has 0 fully saturated rings. The summed E-state index contributed by atoms with van der Waals surface area (Å²) in [5.41, 5.74) is -2.08. The number of rotatable bonds is 7. The molecule has 0 atom stereocenters. The van der Waals surface area contributed by atoms with Crippen LogP contribution in [0.15, 0.2) is 23.2 Å². The number of methoxy groups -OCH3 is 3. The third-order valence-corrected chi connectivity index (χ3v) is 4.82. The van der Waals surface area contributed by atoms with E-state index in [-0.39, 0.29) is 34.1 Å². The van der Waals surface area contributed by atoms with Gasteiger partial charge in [0.2, 0.25) is 0 Å². The monoisotopic (exact) mass is 491 g/mol. The third kappa shape index (κ3) is 5.64. The highest BCUT2D eigenvalue weighted by Gasteiger charge is 2.32. The number of nitrogens with zero attached hydrogens (tertiary/aromatic N) is 1. The predicted molar refractivity (Wildman–Crippen MR) is 126 cm³/mol. The number of hydrogen-bond acceptors (Lipinski definition) is 9. The van der Waals surface area contributed by atoms with Crippen LogP contribution >= 0.6 is 0 Å². The maximum atomic E-state index is 15.9. The molecule has 0 unspecified atom stereocenters. The Morgan fingerprint density at radius 1 is 0.943 bits per heavy atom. The topological polar surface area (TPSA) is 124 Å². The molecule has 0 aliphatic carbocycles. The normalized spacial score (nSPS) is 11.9. The van der Waals surface area contributed by atoms with E-state index < -0.39 is 46.3 Å². The van der Waals surface area contributed by atoms with Gasteiger partial charge in [-0.05, 0) is 46.8 Å². The van der Waals surface area contributed by atoms with Crippen LogP contribution in [0.1, 0.15) is 56.1 Å². The number of aromatic hydroxyl groups is 2. The lowest BCUT2D eigenvalue weighted by Gasteiger charge is -2.21. The van der Waals surface area contributed by atoms with Crippen molar-refractivity contribution in [2.24, 2.45) is 10.4 Å². The molecule has 2 aromatic rings. The smallest absolute Gasteiger partial charge is 0.345 e. The summed E-state index contributed by atoms with van der Waals surface area (Å²) in [5, 5.41) is 21.3. The molecule has 0 spiro atoms. The number of esters is 2. The number of aliphatic imine (C=N–C) groups is 1. The Bertz CT molecular complexity index is 1170. The molecule has 9 nitrogen and oxygen atoms in total. The summed E-state index contributed by atoms with van der Waals surface area (Å²) >= 11 is 0. The summed E-state index contributed by atoms with van der Waals surface area (Å²) in [4.78, 5) is 29.2. The van der Waals surface area contributed by atoms with Crippen LogP contribution in [0.25, 0.3) is 0 Å². The first-order chi connectivity index (χ1) is 16.3. The van der Waals surface area contributed by atoms with Crippen LogP contribution in [0.4, 0.5) is 4.39 Å². The molecule has 0 aliphatic rings. The Morgan fingerprint density at radius 3 is 2.00 bits per heavy atom. The fourth-order valence-corrected chi connectivity index (χ4v) is 3.10. The van der Waals surface area contributed by atoms with Gasteiger partial charge in [-0.2, -0.15) is 0 Å². The Kier molecular flexibility index (Phi) is 8.33. The van der Waals surface area contributed by atoms with E-state index in [1.54, 1.807) is 34.6 Å². The van der Waals surface area contributed by atoms with Crippen LogP contribution in [0.3, 0.4) is 0 Å². The van der Waals surface area contributed by atoms with E-state index >= 15 is 4.39 Å². The van der Waals surface area contributed by atoms with Crippen LogP contribution in [-0.2, 0) is 9.53 Å². The van der Waals surface area contributed by atoms with Gasteiger partial charge in [-0.3, -0.25) is 9.79 Å². The van der Waals surface area contributed by atoms with E-state index in [4.69, 9.17) is 14.2 Å². The highest BCUT2D eigenvalue weighted by atomic mass is 19.1. The predicted octanol–water partition coefficient (Wildman–Crippen LogP) is 4.24. The van der Waals surface area contributed by atoms with Gasteiger partial charge in [0.25, 0.3) is 0 Å². The lowest BCUT2D eigenvalue weighted by atomic mass is 9.95. The summed E-state index contributed by atoms with van der Waals surface area (Å²) in [6.07, 6.45) is 0. The van der Waals surface area contributed by atoms with Gasteiger partial charge >= 0.3 is 11.9 Å². The summed E-state index contributed by atoms with van der Waals surface area (Å²) in [5.74, 6) is -4.54. The van der Waals surface area contributed by atoms with Crippen LogP contribution < -0.4 is 14.2 Å². The fourth-order valence-electron chi connectivity index (χ4n) is 3.10. The van der Waals surface area contributed by atoms with E-state index in [0.717, 1.165) is 13.2 Å². The fraction of sp³-hybridized carbons (Fsp3) is 0.400. The Hall–Kier alpha value is -3.82. The van der Waals surface area contributed by atoms with Crippen LogP contribution in [0, 0.1) is 11.2 Å². The molecule has 0 aromatic heterocycles. The van der Waals surface area contributed by atoms with Gasteiger partial charge in [-0.25, -0.2) is 9.18 Å². The SMILES string of the molecule is COC(=O)c1c(O)cc(OC)c(C(=NC(C)C)c2c(OC)ccc(OC(=O)C(C)(C)C)c2F)c1O. The van der Waals surface area contributed by atoms with Gasteiger partial charge in [0.1, 0.15) is 28.6 Å². The van der Waals surface area contributed by atoms with E-state index in [2.05, 4.69) is 9.73 Å². The van der Waals surface area contributed by atoms with Gasteiger partial charge in [0, 0.05) is 12.1 Å². The molecule has 0 amide bonds. The number of halogens is 1. The standard InChI is InChI=1S/C25H30FNO8/c1-12(2)27-21(19-16(33-7)11-13(28)17(22(19)29)23(30)34-8)18-14(32-6)9-10-15(20(18)26)35-24(31)25(3,4)5/h9-12,28-29H,1-8H3. The molecular formula is C25H30FNO8. The van der Waals surface area contributed by atoms with E-state index in [0.29, 0.717) is 0 Å². The zero-order valence-corrected chi connectivity index (χ0v) is 21.0. The molecule has 0 bridgehead atoms. The zero-order chi connectivity index (χ0) is 26.7. The van der Waals surface area contributed by atoms with Crippen molar-refractivity contribution >= 4 is 17.7 Å². The minimum atomic E-state index is -1.03. The van der Waals surface area contributed by atoms with Crippen molar-refractivity contribution in [2.45, 2.75) is 40.7 Å². The summed E-state index contributed by atoms with van der Waals surface area (Å²) in [7, 11) is 3.64. The molecular weight excluding hydrogens is 461 g/mol. The zero-order valence-electron chi connectivity index (χ0n) is 21.0. The first-order valence-electron chi connectivity index (χ1n) is 10.7. The molecule has 0 radical (unpaired) electrons. The molecule has 2 N–H and O–H groups in total. The first-order valence-corrected chi connectivity index (χ1v) is 10.7. The molecule has 2 aromatic carbocycles. The second-order valence-electron chi connectivity index (χ2n) is 8.85. The quantitative estimate of drug-likeness (QED) is 0.335. The molecule has 10 heteroatoms. The van der Waals surface area contributed by atoms with Crippen LogP contribution in [0.2, 0.25) is 0 Å². The van der Waals surface area contributed by atoms with Crippen molar-refractivity contribution in [3.8, 4) is 28.7 Å². The minimum absolute atomic E-state index is 0.00611. The second-order valence-corrected chi connectivity index (χ2v) is 8.85. The summed E-state index contributed by atoms with van der Waals surface area (Å²) in [6, 6.07) is 3.26. The number of carbonyl (C=O) groups excluding carboxylic acids is 2. The summed E-state index contributed by atoms with van der Waals surface area (Å²) in [6.45, 7) is 8.28. The molecule has 0 saturated carbocycles. The Balaban J connectivity index is 2.96. The number of phenolic OH excluding ortho intramolecular Hbond substituents is 2. The molecule has 2 rings (SSSR count). The van der Waals surface area contributed by atoms with E-state index in [1.807, 2.05) is 0 Å². The first kappa shape index (κ1) is 27.4. The van der Waals surface area contributed by atoms with Gasteiger partial charge < -0.3 is 29.2 Å². The van der Waals surface area contributed by atoms with Gasteiger partial charge in [-0.1, -0.05) is 0 Å². The van der Waals surface area contributed by atoms with Crippen molar-refractivity contribution < 1.29 is 43.1 Å². The van der Waals surface area contributed by atoms with E-state index in [9.17, 15) is 19.8 Å². The Morgan fingerprint density at radius 2 is 1.51 bits per heavy atom. The number of carbonyl (C=O) groups is 2. The number of benzene rings is 2. The van der Waals surface area contributed by atoms with Gasteiger partial charge in [0.15, 0.2) is 11.6 Å². The second kappa shape index (κ2) is 10.6. The highest BCUT2D eigenvalue weighted by Crippen LogP contribution is 2.42. The summed E-state index contributed by atoms with van der Waals surface area (Å²) < 4.78 is 36.5. The molecule has 0 aliphatic heterocycles. The van der Waals surface area contributed by atoms with Gasteiger partial charge in [-0.15, -0.1) is 0 Å². The van der Waals surface area contributed by atoms with Crippen molar-refractivity contribution in [3.05, 3.63) is 40.7 Å². The molecule has 0 saturated heterocycles. The highest BCUT2D eigenvalue weighted by molar-refractivity contribution is 6.19. The van der Waals surface area contributed by atoms with Crippen molar-refractivity contribution in [3.63, 3.8) is 0 Å². The van der Waals surface area contributed by atoms with E-state index in [1.165, 1.54) is 26.4 Å². The molecule has 190 valence electrons. The third-order valence-electron chi connectivity index (χ3n) is 4.82. The lowest BCUT2D eigenvalue weighted by molar-refractivity contribution is -0.143. The van der Waals surface area contributed by atoms with Crippen molar-refractivity contribution in [1.29, 1.82) is 0 Å². The number of ether oxygens (including phenoxy) is 4. The number of hydrogen-bond donors (Lipinski definition) is 2. The van der Waals surface area contributed by atoms with Crippen LogP contribution in [0.5, 0.6) is 28.7 Å². The average Bonchev–Trinajstić information content (AvgIpc) is 2.77. The average molecular weight is 492 g/mol. The number of phenols is 2. The van der Waals surface area contributed by atoms with Crippen molar-refractivity contribution in [2.75, 3.05) is 21.3 Å². The minimum Gasteiger partial charge on any atom is -0.507 e.